The minimum atomic E-state index is -5.01. The molecule has 0 aliphatic carbocycles. The molecular formula is C32H39F7N4O3. The Balaban J connectivity index is 1.54. The van der Waals surface area contributed by atoms with Crippen LogP contribution in [-0.2, 0) is 23.6 Å². The third-order valence-electron chi connectivity index (χ3n) is 8.29. The van der Waals surface area contributed by atoms with Crippen molar-refractivity contribution in [1.29, 1.82) is 0 Å². The fourth-order valence-electron chi connectivity index (χ4n) is 6.08. The Morgan fingerprint density at radius 3 is 2.00 bits per heavy atom. The zero-order valence-electron chi connectivity index (χ0n) is 26.4. The molecule has 14 heteroatoms. The van der Waals surface area contributed by atoms with Crippen LogP contribution < -0.4 is 0 Å². The fraction of sp³-hybridized carbons (Fsp3) is 0.562. The van der Waals surface area contributed by atoms with Gasteiger partial charge in [-0.3, -0.25) is 4.90 Å². The van der Waals surface area contributed by atoms with Crippen molar-refractivity contribution in [2.24, 2.45) is 0 Å². The molecule has 3 amide bonds. The highest BCUT2D eigenvalue weighted by Gasteiger charge is 2.40. The summed E-state index contributed by atoms with van der Waals surface area (Å²) in [6, 6.07) is 4.41. The smallest absolute Gasteiger partial charge is 0.416 e. The van der Waals surface area contributed by atoms with Crippen LogP contribution in [0.4, 0.5) is 40.3 Å². The summed E-state index contributed by atoms with van der Waals surface area (Å²) >= 11 is 0. The molecule has 2 fully saturated rings. The maximum absolute atomic E-state index is 14.0. The molecule has 0 saturated carbocycles. The lowest BCUT2D eigenvalue weighted by Crippen LogP contribution is -2.56. The first-order chi connectivity index (χ1) is 21.2. The SMILES string of the molecule is Cc1cc(F)ccc1[C@H]1C[C@H](N2CCN(C(=O)OC(C)(C)C)CC2)CCN1C(=O)N(C)Cc1cc(C(F)(F)F)cc(C(F)(F)F)c1. The van der Waals surface area contributed by atoms with Crippen LogP contribution in [0.15, 0.2) is 36.4 Å². The van der Waals surface area contributed by atoms with E-state index in [2.05, 4.69) is 4.90 Å². The second-order valence-corrected chi connectivity index (χ2v) is 12.9. The van der Waals surface area contributed by atoms with Gasteiger partial charge in [-0.1, -0.05) is 6.07 Å². The second-order valence-electron chi connectivity index (χ2n) is 12.9. The zero-order chi connectivity index (χ0) is 34.2. The summed E-state index contributed by atoms with van der Waals surface area (Å²) in [5, 5.41) is 0. The van der Waals surface area contributed by atoms with E-state index in [4.69, 9.17) is 4.74 Å². The van der Waals surface area contributed by atoms with Crippen molar-refractivity contribution < 1.29 is 45.1 Å². The first-order valence-electron chi connectivity index (χ1n) is 15.0. The van der Waals surface area contributed by atoms with Gasteiger partial charge in [0.05, 0.1) is 17.2 Å². The van der Waals surface area contributed by atoms with E-state index >= 15 is 0 Å². The highest BCUT2D eigenvalue weighted by Crippen LogP contribution is 2.38. The highest BCUT2D eigenvalue weighted by molar-refractivity contribution is 5.75. The van der Waals surface area contributed by atoms with Gasteiger partial charge >= 0.3 is 24.5 Å². The minimum absolute atomic E-state index is 0.00223. The number of benzene rings is 2. The molecule has 7 nitrogen and oxygen atoms in total. The fourth-order valence-corrected chi connectivity index (χ4v) is 6.08. The number of likely N-dealkylation sites (tertiary alicyclic amines) is 1. The number of rotatable bonds is 4. The molecule has 0 bridgehead atoms. The Kier molecular flexibility index (Phi) is 10.2. The molecule has 0 N–H and O–H groups in total. The lowest BCUT2D eigenvalue weighted by atomic mass is 9.88. The van der Waals surface area contributed by atoms with E-state index in [9.17, 15) is 40.3 Å². The van der Waals surface area contributed by atoms with Gasteiger partial charge in [0.1, 0.15) is 11.4 Å². The number of piperidine rings is 1. The molecule has 46 heavy (non-hydrogen) atoms. The maximum Gasteiger partial charge on any atom is 0.416 e. The Hall–Kier alpha value is -3.55. The van der Waals surface area contributed by atoms with Crippen LogP contribution in [0.25, 0.3) is 0 Å². The van der Waals surface area contributed by atoms with E-state index < -0.39 is 59.6 Å². The molecule has 0 radical (unpaired) electrons. The third kappa shape index (κ3) is 8.62. The number of amides is 3. The summed E-state index contributed by atoms with van der Waals surface area (Å²) in [6.45, 7) is 8.91. The zero-order valence-corrected chi connectivity index (χ0v) is 26.4. The second kappa shape index (κ2) is 13.3. The van der Waals surface area contributed by atoms with Gasteiger partial charge < -0.3 is 19.4 Å². The number of nitrogens with zero attached hydrogens (tertiary/aromatic N) is 4. The molecule has 2 saturated heterocycles. The van der Waals surface area contributed by atoms with Crippen molar-refractivity contribution >= 4 is 12.1 Å². The van der Waals surface area contributed by atoms with Crippen molar-refractivity contribution in [3.8, 4) is 0 Å². The molecule has 0 spiro atoms. The lowest BCUT2D eigenvalue weighted by molar-refractivity contribution is -0.143. The van der Waals surface area contributed by atoms with Gasteiger partial charge in [-0.15, -0.1) is 0 Å². The van der Waals surface area contributed by atoms with E-state index in [-0.39, 0.29) is 24.2 Å². The normalized spacial score (nSPS) is 20.1. The Morgan fingerprint density at radius 1 is 0.891 bits per heavy atom. The first kappa shape index (κ1) is 35.3. The summed E-state index contributed by atoms with van der Waals surface area (Å²) in [4.78, 5) is 32.9. The van der Waals surface area contributed by atoms with Crippen molar-refractivity contribution in [2.75, 3.05) is 39.8 Å². The summed E-state index contributed by atoms with van der Waals surface area (Å²) < 4.78 is 100. The molecular weight excluding hydrogens is 621 g/mol. The maximum atomic E-state index is 14.0. The van der Waals surface area contributed by atoms with Crippen molar-refractivity contribution in [3.63, 3.8) is 0 Å². The van der Waals surface area contributed by atoms with Gasteiger partial charge in [-0.05, 0) is 87.6 Å². The molecule has 2 aliphatic heterocycles. The number of hydrogen-bond donors (Lipinski definition) is 0. The average Bonchev–Trinajstić information content (AvgIpc) is 2.94. The topological polar surface area (TPSA) is 56.3 Å². The number of carbonyl (C=O) groups excluding carboxylic acids is 2. The van der Waals surface area contributed by atoms with Crippen molar-refractivity contribution in [1.82, 2.24) is 19.6 Å². The first-order valence-corrected chi connectivity index (χ1v) is 15.0. The number of aryl methyl sites for hydroxylation is 1. The Bertz CT molecular complexity index is 1380. The van der Waals surface area contributed by atoms with Crippen LogP contribution in [0.5, 0.6) is 0 Å². The van der Waals surface area contributed by atoms with Gasteiger partial charge in [-0.2, -0.15) is 26.3 Å². The minimum Gasteiger partial charge on any atom is -0.444 e. The number of ether oxygens (including phenoxy) is 1. The molecule has 0 aromatic heterocycles. The Labute approximate surface area is 263 Å². The highest BCUT2D eigenvalue weighted by atomic mass is 19.4. The molecule has 4 rings (SSSR count). The van der Waals surface area contributed by atoms with Crippen LogP contribution in [-0.4, -0.2) is 83.1 Å². The number of halogens is 7. The third-order valence-corrected chi connectivity index (χ3v) is 8.29. The summed E-state index contributed by atoms with van der Waals surface area (Å²) in [6.07, 6.45) is -9.41. The molecule has 2 atom stereocenters. The van der Waals surface area contributed by atoms with Gasteiger partial charge in [0.15, 0.2) is 0 Å². The number of hydrogen-bond acceptors (Lipinski definition) is 4. The van der Waals surface area contributed by atoms with E-state index in [1.165, 1.54) is 19.2 Å². The summed E-state index contributed by atoms with van der Waals surface area (Å²) in [7, 11) is 1.33. The van der Waals surface area contributed by atoms with E-state index in [0.717, 1.165) is 4.90 Å². The number of piperazine rings is 1. The number of alkyl halides is 6. The van der Waals surface area contributed by atoms with E-state index in [0.29, 0.717) is 62.3 Å². The van der Waals surface area contributed by atoms with Gasteiger partial charge in [0.2, 0.25) is 0 Å². The van der Waals surface area contributed by atoms with Crippen molar-refractivity contribution in [2.45, 2.75) is 77.1 Å². The number of urea groups is 1. The molecule has 2 aromatic rings. The lowest BCUT2D eigenvalue weighted by Gasteiger charge is -2.47. The van der Waals surface area contributed by atoms with Crippen LogP contribution in [0.2, 0.25) is 0 Å². The predicted molar refractivity (Wildman–Crippen MR) is 156 cm³/mol. The Morgan fingerprint density at radius 2 is 1.48 bits per heavy atom. The van der Waals surface area contributed by atoms with E-state index in [1.54, 1.807) is 43.6 Å². The molecule has 254 valence electrons. The quantitative estimate of drug-likeness (QED) is 0.319. The van der Waals surface area contributed by atoms with Gasteiger partial charge in [0, 0.05) is 52.4 Å². The largest absolute Gasteiger partial charge is 0.444 e. The summed E-state index contributed by atoms with van der Waals surface area (Å²) in [5.74, 6) is -0.452. The van der Waals surface area contributed by atoms with Crippen LogP contribution in [0, 0.1) is 12.7 Å². The molecule has 0 unspecified atom stereocenters. The average molecular weight is 661 g/mol. The molecule has 2 aromatic carbocycles. The van der Waals surface area contributed by atoms with E-state index in [1.807, 2.05) is 0 Å². The van der Waals surface area contributed by atoms with Gasteiger partial charge in [-0.25, -0.2) is 14.0 Å². The van der Waals surface area contributed by atoms with Crippen LogP contribution in [0.3, 0.4) is 0 Å². The van der Waals surface area contributed by atoms with Crippen LogP contribution >= 0.6 is 0 Å². The number of carbonyl (C=O) groups is 2. The van der Waals surface area contributed by atoms with Crippen molar-refractivity contribution in [3.05, 3.63) is 70.0 Å². The standard InChI is InChI=1S/C32H39F7N4O3/c1-20-14-24(33)6-7-26(20)27-18-25(41-10-12-42(13-11-41)29(45)46-30(2,3)4)8-9-43(27)28(44)40(5)19-21-15-22(31(34,35)36)17-23(16-21)32(37,38)39/h6-7,14-17,25,27H,8-13,18-19H2,1-5H3/t25-,27-/m1/s1. The van der Waals surface area contributed by atoms with Crippen LogP contribution in [0.1, 0.15) is 67.5 Å². The monoisotopic (exact) mass is 660 g/mol. The predicted octanol–water partition coefficient (Wildman–Crippen LogP) is 7.48. The molecule has 2 aliphatic rings. The van der Waals surface area contributed by atoms with Gasteiger partial charge in [0.25, 0.3) is 0 Å². The molecule has 2 heterocycles. The summed E-state index contributed by atoms with van der Waals surface area (Å²) in [5.41, 5.74) is -2.54.